The van der Waals surface area contributed by atoms with E-state index in [2.05, 4.69) is 10.6 Å². The summed E-state index contributed by atoms with van der Waals surface area (Å²) in [5, 5.41) is 14.9. The molecule has 8 heteroatoms. The Labute approximate surface area is 130 Å². The zero-order chi connectivity index (χ0) is 16.7. The van der Waals surface area contributed by atoms with Gasteiger partial charge in [0, 0.05) is 19.1 Å². The molecule has 1 rings (SSSR count). The lowest BCUT2D eigenvalue weighted by molar-refractivity contribution is -0.125. The molecule has 0 saturated carbocycles. The van der Waals surface area contributed by atoms with Crippen LogP contribution in [0.4, 0.5) is 4.79 Å². The number of nitrogens with zero attached hydrogens (tertiary/aromatic N) is 1. The Morgan fingerprint density at radius 2 is 2.05 bits per heavy atom. The van der Waals surface area contributed by atoms with Crippen LogP contribution >= 0.6 is 0 Å². The number of likely N-dealkylation sites (tertiary alicyclic amines) is 1. The number of carboxylic acid groups (broad SMARTS) is 1. The summed E-state index contributed by atoms with van der Waals surface area (Å²) >= 11 is 0. The zero-order valence-corrected chi connectivity index (χ0v) is 13.2. The molecule has 0 aromatic rings. The second-order valence-corrected chi connectivity index (χ2v) is 6.07. The van der Waals surface area contributed by atoms with Gasteiger partial charge >= 0.3 is 6.09 Å². The highest BCUT2D eigenvalue weighted by atomic mass is 16.4. The summed E-state index contributed by atoms with van der Waals surface area (Å²) in [7, 11) is 0. The molecule has 3 amide bonds. The van der Waals surface area contributed by atoms with E-state index in [4.69, 9.17) is 10.8 Å². The fourth-order valence-corrected chi connectivity index (χ4v) is 2.70. The van der Waals surface area contributed by atoms with Gasteiger partial charge in [-0.1, -0.05) is 13.8 Å². The van der Waals surface area contributed by atoms with Gasteiger partial charge in [-0.05, 0) is 25.2 Å². The van der Waals surface area contributed by atoms with Crippen LogP contribution in [-0.4, -0.2) is 59.6 Å². The molecule has 1 aliphatic heterocycles. The largest absolute Gasteiger partial charge is 0.465 e. The maximum absolute atomic E-state index is 12.3. The number of carbonyl (C=O) groups is 3. The quantitative estimate of drug-likeness (QED) is 0.491. The number of hydrogen-bond donors (Lipinski definition) is 4. The van der Waals surface area contributed by atoms with Crippen LogP contribution in [0.1, 0.15) is 33.1 Å². The predicted molar refractivity (Wildman–Crippen MR) is 81.2 cm³/mol. The van der Waals surface area contributed by atoms with Crippen LogP contribution in [0.2, 0.25) is 0 Å². The van der Waals surface area contributed by atoms with Crippen LogP contribution < -0.4 is 16.4 Å². The highest BCUT2D eigenvalue weighted by Gasteiger charge is 2.34. The molecule has 126 valence electrons. The maximum atomic E-state index is 12.3. The van der Waals surface area contributed by atoms with E-state index in [0.717, 1.165) is 6.42 Å². The second kappa shape index (κ2) is 8.57. The smallest absolute Gasteiger partial charge is 0.407 e. The molecule has 2 unspecified atom stereocenters. The van der Waals surface area contributed by atoms with Crippen LogP contribution in [0.3, 0.4) is 0 Å². The van der Waals surface area contributed by atoms with Crippen molar-refractivity contribution in [3.8, 4) is 0 Å². The summed E-state index contributed by atoms with van der Waals surface area (Å²) in [5.41, 5.74) is 5.07. The van der Waals surface area contributed by atoms with E-state index in [1.54, 1.807) is 0 Å². The Bertz CT molecular complexity index is 414. The molecule has 2 atom stereocenters. The summed E-state index contributed by atoms with van der Waals surface area (Å²) in [6, 6.07) is -0.786. The highest BCUT2D eigenvalue weighted by molar-refractivity contribution is 5.86. The van der Waals surface area contributed by atoms with Crippen molar-refractivity contribution < 1.29 is 19.5 Å². The van der Waals surface area contributed by atoms with Gasteiger partial charge in [-0.3, -0.25) is 14.5 Å². The van der Waals surface area contributed by atoms with Crippen LogP contribution in [0, 0.1) is 5.92 Å². The van der Waals surface area contributed by atoms with Gasteiger partial charge in [-0.15, -0.1) is 0 Å². The number of nitrogens with two attached hydrogens (primary N) is 1. The normalized spacial score (nSPS) is 19.2. The van der Waals surface area contributed by atoms with Crippen LogP contribution in [-0.2, 0) is 9.59 Å². The molecule has 22 heavy (non-hydrogen) atoms. The third-order valence-corrected chi connectivity index (χ3v) is 3.59. The third kappa shape index (κ3) is 5.88. The van der Waals surface area contributed by atoms with E-state index >= 15 is 0 Å². The minimum atomic E-state index is -1.06. The molecule has 1 aliphatic rings. The molecule has 1 saturated heterocycles. The molecule has 8 nitrogen and oxygen atoms in total. The number of rotatable bonds is 8. The lowest BCUT2D eigenvalue weighted by Crippen LogP contribution is -2.51. The standard InChI is InChI=1S/C14H26N4O4/c1-9(2)6-10(7-16-8-12(15)19)17-13(20)11-4-3-5-18(11)14(21)22/h9-11,16H,3-8H2,1-2H3,(H2,15,19)(H,17,20)(H,21,22). The second-order valence-electron chi connectivity index (χ2n) is 6.07. The van der Waals surface area contributed by atoms with Crippen LogP contribution in [0.15, 0.2) is 0 Å². The summed E-state index contributed by atoms with van der Waals surface area (Å²) in [6.07, 6.45) is 0.905. The summed E-state index contributed by atoms with van der Waals surface area (Å²) in [6.45, 7) is 4.93. The van der Waals surface area contributed by atoms with Crippen LogP contribution in [0.25, 0.3) is 0 Å². The van der Waals surface area contributed by atoms with Gasteiger partial charge in [0.1, 0.15) is 6.04 Å². The molecule has 0 spiro atoms. The summed E-state index contributed by atoms with van der Waals surface area (Å²) in [4.78, 5) is 35.4. The Kier molecular flexibility index (Phi) is 7.10. The van der Waals surface area contributed by atoms with Crippen molar-refractivity contribution >= 4 is 17.9 Å². The van der Waals surface area contributed by atoms with E-state index in [-0.39, 0.29) is 18.5 Å². The average molecular weight is 314 g/mol. The Hall–Kier alpha value is -1.83. The van der Waals surface area contributed by atoms with Gasteiger partial charge in [0.05, 0.1) is 6.54 Å². The van der Waals surface area contributed by atoms with Crippen molar-refractivity contribution in [2.75, 3.05) is 19.6 Å². The lowest BCUT2D eigenvalue weighted by Gasteiger charge is -2.26. The van der Waals surface area contributed by atoms with E-state index < -0.39 is 18.0 Å². The highest BCUT2D eigenvalue weighted by Crippen LogP contribution is 2.18. The fourth-order valence-electron chi connectivity index (χ4n) is 2.70. The molecule has 0 aromatic carbocycles. The van der Waals surface area contributed by atoms with Crippen molar-refractivity contribution in [3.63, 3.8) is 0 Å². The van der Waals surface area contributed by atoms with Gasteiger partial charge in [0.15, 0.2) is 0 Å². The minimum Gasteiger partial charge on any atom is -0.465 e. The van der Waals surface area contributed by atoms with Crippen LogP contribution in [0.5, 0.6) is 0 Å². The van der Waals surface area contributed by atoms with Gasteiger partial charge in [-0.2, -0.15) is 0 Å². The van der Waals surface area contributed by atoms with Gasteiger partial charge < -0.3 is 21.5 Å². The number of primary amides is 1. The summed E-state index contributed by atoms with van der Waals surface area (Å²) in [5.74, 6) is -0.367. The van der Waals surface area contributed by atoms with E-state index in [9.17, 15) is 14.4 Å². The molecule has 1 fully saturated rings. The third-order valence-electron chi connectivity index (χ3n) is 3.59. The first-order valence-corrected chi connectivity index (χ1v) is 7.60. The van der Waals surface area contributed by atoms with E-state index in [1.807, 2.05) is 13.8 Å². The Balaban J connectivity index is 2.57. The monoisotopic (exact) mass is 314 g/mol. The van der Waals surface area contributed by atoms with Crippen molar-refractivity contribution in [2.24, 2.45) is 11.7 Å². The van der Waals surface area contributed by atoms with Crippen molar-refractivity contribution in [1.82, 2.24) is 15.5 Å². The summed E-state index contributed by atoms with van der Waals surface area (Å²) < 4.78 is 0. The lowest BCUT2D eigenvalue weighted by atomic mass is 10.0. The maximum Gasteiger partial charge on any atom is 0.407 e. The van der Waals surface area contributed by atoms with Gasteiger partial charge in [0.2, 0.25) is 11.8 Å². The SMILES string of the molecule is CC(C)CC(CNCC(N)=O)NC(=O)C1CCCN1C(=O)O. The first-order valence-electron chi connectivity index (χ1n) is 7.60. The van der Waals surface area contributed by atoms with Gasteiger partial charge in [0.25, 0.3) is 0 Å². The first-order chi connectivity index (χ1) is 10.3. The van der Waals surface area contributed by atoms with Gasteiger partial charge in [-0.25, -0.2) is 4.79 Å². The van der Waals surface area contributed by atoms with Crippen molar-refractivity contribution in [1.29, 1.82) is 0 Å². The topological polar surface area (TPSA) is 125 Å². The predicted octanol–water partition coefficient (Wildman–Crippen LogP) is -0.265. The number of hydrogen-bond acceptors (Lipinski definition) is 4. The fraction of sp³-hybridized carbons (Fsp3) is 0.786. The van der Waals surface area contributed by atoms with E-state index in [1.165, 1.54) is 4.90 Å². The zero-order valence-electron chi connectivity index (χ0n) is 13.2. The van der Waals surface area contributed by atoms with Crippen molar-refractivity contribution in [2.45, 2.75) is 45.2 Å². The average Bonchev–Trinajstić information content (AvgIpc) is 2.86. The number of amides is 3. The number of carbonyl (C=O) groups excluding carboxylic acids is 2. The Morgan fingerprint density at radius 1 is 1.36 bits per heavy atom. The van der Waals surface area contributed by atoms with E-state index in [0.29, 0.717) is 31.8 Å². The Morgan fingerprint density at radius 3 is 2.59 bits per heavy atom. The molecule has 0 radical (unpaired) electrons. The molecule has 0 aliphatic carbocycles. The molecular weight excluding hydrogens is 288 g/mol. The molecule has 1 heterocycles. The molecule has 0 aromatic heterocycles. The molecular formula is C14H26N4O4. The minimum absolute atomic E-state index is 0.0507. The number of nitrogens with one attached hydrogen (secondary N) is 2. The molecule has 0 bridgehead atoms. The first kappa shape index (κ1) is 18.2. The van der Waals surface area contributed by atoms with Crippen molar-refractivity contribution in [3.05, 3.63) is 0 Å². The molecule has 5 N–H and O–H groups in total.